The Hall–Kier alpha value is -5.62. The van der Waals surface area contributed by atoms with Crippen LogP contribution in [0, 0.1) is 11.3 Å². The lowest BCUT2D eigenvalue weighted by Gasteiger charge is -2.27. The first-order chi connectivity index (χ1) is 23.2. The van der Waals surface area contributed by atoms with Gasteiger partial charge in [0.05, 0.1) is 25.0 Å². The topological polar surface area (TPSA) is 97.5 Å². The van der Waals surface area contributed by atoms with Gasteiger partial charge in [0.1, 0.15) is 29.7 Å². The molecule has 4 aromatic carbocycles. The quantitative estimate of drug-likeness (QED) is 0.115. The van der Waals surface area contributed by atoms with Crippen molar-refractivity contribution >= 4 is 41.1 Å². The largest absolute Gasteiger partial charge is 0.497 e. The Bertz CT molecular complexity index is 2110. The molecule has 0 saturated heterocycles. The molecule has 10 heteroatoms. The van der Waals surface area contributed by atoms with E-state index in [1.54, 1.807) is 61.2 Å². The lowest BCUT2D eigenvalue weighted by atomic mass is 9.93. The van der Waals surface area contributed by atoms with Crippen LogP contribution in [-0.4, -0.2) is 33.6 Å². The number of nitrogens with zero attached hydrogens (tertiary/aromatic N) is 4. The Morgan fingerprint density at radius 1 is 0.896 bits per heavy atom. The molecule has 1 aliphatic heterocycles. The number of carbonyl (C=O) groups is 2. The molecule has 0 N–H and O–H groups in total. The van der Waals surface area contributed by atoms with Gasteiger partial charge in [-0.2, -0.15) is 10.4 Å². The van der Waals surface area contributed by atoms with Crippen molar-refractivity contribution in [1.29, 1.82) is 5.26 Å². The molecule has 238 valence electrons. The Morgan fingerprint density at radius 3 is 2.27 bits per heavy atom. The summed E-state index contributed by atoms with van der Waals surface area (Å²) in [6.45, 7) is 1.87. The van der Waals surface area contributed by atoms with Gasteiger partial charge in [0, 0.05) is 38.5 Å². The Morgan fingerprint density at radius 2 is 1.60 bits per heavy atom. The van der Waals surface area contributed by atoms with E-state index < -0.39 is 11.8 Å². The second kappa shape index (κ2) is 14.0. The number of imide groups is 1. The first-order valence-electron chi connectivity index (χ1n) is 14.9. The average molecular weight is 676 g/mol. The molecular weight excluding hydrogens is 647 g/mol. The van der Waals surface area contributed by atoms with Crippen molar-refractivity contribution in [3.05, 3.63) is 147 Å². The number of benzene rings is 4. The van der Waals surface area contributed by atoms with E-state index in [1.807, 2.05) is 72.9 Å². The Balaban J connectivity index is 1.36. The van der Waals surface area contributed by atoms with E-state index in [9.17, 15) is 14.9 Å². The number of hydrogen-bond acceptors (Lipinski definition) is 6. The molecular formula is C38H28Cl2N4O4. The van der Waals surface area contributed by atoms with Crippen LogP contribution in [0.15, 0.2) is 120 Å². The molecule has 48 heavy (non-hydrogen) atoms. The minimum Gasteiger partial charge on any atom is -0.497 e. The van der Waals surface area contributed by atoms with Gasteiger partial charge >= 0.3 is 0 Å². The number of nitriles is 1. The summed E-state index contributed by atoms with van der Waals surface area (Å²) < 4.78 is 12.9. The molecule has 1 aliphatic rings. The zero-order valence-corrected chi connectivity index (χ0v) is 27.5. The van der Waals surface area contributed by atoms with Gasteiger partial charge in [0.15, 0.2) is 0 Å². The van der Waals surface area contributed by atoms with E-state index in [2.05, 4.69) is 0 Å². The maximum Gasteiger partial charge on any atom is 0.271 e. The van der Waals surface area contributed by atoms with Gasteiger partial charge < -0.3 is 9.47 Å². The molecule has 6 rings (SSSR count). The van der Waals surface area contributed by atoms with Crippen LogP contribution >= 0.6 is 23.2 Å². The third-order valence-electron chi connectivity index (χ3n) is 7.93. The number of carbonyl (C=O) groups excluding carboxylic acids is 2. The fourth-order valence-corrected chi connectivity index (χ4v) is 5.74. The zero-order chi connectivity index (χ0) is 33.8. The second-order valence-corrected chi connectivity index (χ2v) is 11.8. The zero-order valence-electron chi connectivity index (χ0n) is 26.0. The van der Waals surface area contributed by atoms with Crippen LogP contribution in [-0.2, 0) is 22.7 Å². The van der Waals surface area contributed by atoms with Crippen molar-refractivity contribution in [1.82, 2.24) is 14.7 Å². The van der Waals surface area contributed by atoms with E-state index in [1.165, 1.54) is 0 Å². The summed E-state index contributed by atoms with van der Waals surface area (Å²) in [5.74, 6) is 0.135. The van der Waals surface area contributed by atoms with Crippen LogP contribution in [0.2, 0.25) is 10.0 Å². The molecule has 0 radical (unpaired) electrons. The molecule has 5 aromatic rings. The number of amides is 2. The van der Waals surface area contributed by atoms with Crippen LogP contribution in [0.25, 0.3) is 23.0 Å². The van der Waals surface area contributed by atoms with Crippen molar-refractivity contribution in [2.75, 3.05) is 7.11 Å². The van der Waals surface area contributed by atoms with E-state index >= 15 is 0 Å². The maximum absolute atomic E-state index is 13.9. The normalized spacial score (nSPS) is 14.0. The smallest absolute Gasteiger partial charge is 0.271 e. The summed E-state index contributed by atoms with van der Waals surface area (Å²) >= 11 is 12.3. The molecule has 2 amide bonds. The predicted molar refractivity (Wildman–Crippen MR) is 185 cm³/mol. The highest BCUT2D eigenvalue weighted by atomic mass is 35.5. The summed E-state index contributed by atoms with van der Waals surface area (Å²) in [6.07, 6.45) is 3.51. The van der Waals surface area contributed by atoms with Crippen molar-refractivity contribution in [2.45, 2.75) is 20.1 Å². The van der Waals surface area contributed by atoms with Gasteiger partial charge in [-0.3, -0.25) is 14.5 Å². The number of methoxy groups -OCH3 is 1. The van der Waals surface area contributed by atoms with Crippen LogP contribution in [0.3, 0.4) is 0 Å². The van der Waals surface area contributed by atoms with Crippen molar-refractivity contribution < 1.29 is 19.1 Å². The molecule has 2 heterocycles. The average Bonchev–Trinajstić information content (AvgIpc) is 3.53. The third kappa shape index (κ3) is 6.74. The van der Waals surface area contributed by atoms with E-state index in [0.717, 1.165) is 21.7 Å². The van der Waals surface area contributed by atoms with Crippen molar-refractivity contribution in [3.8, 4) is 34.5 Å². The minimum atomic E-state index is -0.636. The number of rotatable bonds is 9. The van der Waals surface area contributed by atoms with Crippen molar-refractivity contribution in [2.24, 2.45) is 0 Å². The van der Waals surface area contributed by atoms with E-state index in [4.69, 9.17) is 37.8 Å². The van der Waals surface area contributed by atoms with Gasteiger partial charge in [-0.05, 0) is 84.8 Å². The number of hydrogen-bond donors (Lipinski definition) is 0. The van der Waals surface area contributed by atoms with Crippen LogP contribution < -0.4 is 9.47 Å². The summed E-state index contributed by atoms with van der Waals surface area (Å²) in [6, 6.07) is 31.3. The highest BCUT2D eigenvalue weighted by Crippen LogP contribution is 2.33. The summed E-state index contributed by atoms with van der Waals surface area (Å²) in [5.41, 5.74) is 4.77. The summed E-state index contributed by atoms with van der Waals surface area (Å²) in [5, 5.41) is 15.9. The fourth-order valence-electron chi connectivity index (χ4n) is 5.28. The summed E-state index contributed by atoms with van der Waals surface area (Å²) in [7, 11) is 1.56. The van der Waals surface area contributed by atoms with Gasteiger partial charge in [-0.15, -0.1) is 0 Å². The first kappa shape index (κ1) is 32.3. The van der Waals surface area contributed by atoms with Crippen LogP contribution in [0.4, 0.5) is 0 Å². The van der Waals surface area contributed by atoms with Crippen molar-refractivity contribution in [3.63, 3.8) is 0 Å². The predicted octanol–water partition coefficient (Wildman–Crippen LogP) is 8.23. The lowest BCUT2D eigenvalue weighted by molar-refractivity contribution is -0.141. The van der Waals surface area contributed by atoms with Crippen LogP contribution in [0.5, 0.6) is 11.5 Å². The van der Waals surface area contributed by atoms with Crippen LogP contribution in [0.1, 0.15) is 23.6 Å². The molecule has 0 bridgehead atoms. The molecule has 0 spiro atoms. The standard InChI is InChI=1S/C38H28Cl2N4O4/c1-24-33(37(45)43(38(46)34(24)20-41)21-25-8-14-31(47-2)15-9-25)18-28-22-44(30-6-4-3-5-7-30)42-36(28)26-11-16-32(17-12-26)48-23-27-10-13-29(39)19-35(27)40/h3-19,22H,21,23H2,1-2H3/b33-18+. The maximum atomic E-state index is 13.9. The van der Waals surface area contributed by atoms with Gasteiger partial charge in [0.2, 0.25) is 0 Å². The molecule has 0 fully saturated rings. The monoisotopic (exact) mass is 674 g/mol. The Labute approximate surface area is 287 Å². The molecule has 0 unspecified atom stereocenters. The van der Waals surface area contributed by atoms with Gasteiger partial charge in [-0.1, -0.05) is 59.6 Å². The molecule has 1 aromatic heterocycles. The fraction of sp³-hybridized carbons (Fsp3) is 0.105. The van der Waals surface area contributed by atoms with E-state index in [-0.39, 0.29) is 24.3 Å². The molecule has 8 nitrogen and oxygen atoms in total. The summed E-state index contributed by atoms with van der Waals surface area (Å²) in [4.78, 5) is 28.4. The number of aromatic nitrogens is 2. The SMILES string of the molecule is COc1ccc(CN2C(=O)C(C#N)=C(C)/C(=C\c3cn(-c4ccccc4)nc3-c3ccc(OCc4ccc(Cl)cc4Cl)cc3)C2=O)cc1. The Kier molecular flexibility index (Phi) is 9.44. The van der Waals surface area contributed by atoms with Gasteiger partial charge in [0.25, 0.3) is 11.8 Å². The first-order valence-corrected chi connectivity index (χ1v) is 15.7. The number of para-hydroxylation sites is 1. The molecule has 0 saturated carbocycles. The second-order valence-electron chi connectivity index (χ2n) is 11.0. The van der Waals surface area contributed by atoms with E-state index in [0.29, 0.717) is 43.9 Å². The lowest BCUT2D eigenvalue weighted by Crippen LogP contribution is -2.42. The third-order valence-corrected chi connectivity index (χ3v) is 8.51. The highest BCUT2D eigenvalue weighted by Gasteiger charge is 2.35. The number of ether oxygens (including phenoxy) is 2. The highest BCUT2D eigenvalue weighted by molar-refractivity contribution is 6.35. The number of halogens is 2. The molecule has 0 atom stereocenters. The molecule has 0 aliphatic carbocycles. The van der Waals surface area contributed by atoms with Gasteiger partial charge in [-0.25, -0.2) is 4.68 Å². The minimum absolute atomic E-state index is 0.00368.